The van der Waals surface area contributed by atoms with E-state index in [0.29, 0.717) is 0 Å². The van der Waals surface area contributed by atoms with Crippen LogP contribution >= 0.6 is 0 Å². The standard InChI is InChI=1S/C15H18F3NO5/c16-15(17,18)14(21)19-6-7-22-8-9-23-11-13(20)24-10-12-4-2-1-3-5-12/h1-5H,6-11H2,(H,19,21). The second-order valence-corrected chi connectivity index (χ2v) is 4.56. The van der Waals surface area contributed by atoms with Gasteiger partial charge < -0.3 is 19.5 Å². The summed E-state index contributed by atoms with van der Waals surface area (Å²) in [7, 11) is 0. The Kier molecular flexibility index (Phi) is 8.80. The number of esters is 1. The highest BCUT2D eigenvalue weighted by molar-refractivity contribution is 5.81. The summed E-state index contributed by atoms with van der Waals surface area (Å²) in [6.07, 6.45) is -4.90. The maximum Gasteiger partial charge on any atom is 0.471 e. The van der Waals surface area contributed by atoms with Crippen molar-refractivity contribution in [2.75, 3.05) is 33.0 Å². The van der Waals surface area contributed by atoms with E-state index in [1.54, 1.807) is 5.32 Å². The quantitative estimate of drug-likeness (QED) is 0.511. The van der Waals surface area contributed by atoms with Crippen molar-refractivity contribution < 1.29 is 37.0 Å². The zero-order valence-electron chi connectivity index (χ0n) is 12.8. The van der Waals surface area contributed by atoms with Gasteiger partial charge in [-0.05, 0) is 5.56 Å². The van der Waals surface area contributed by atoms with E-state index in [1.807, 2.05) is 30.3 Å². The summed E-state index contributed by atoms with van der Waals surface area (Å²) in [5, 5.41) is 1.66. The lowest BCUT2D eigenvalue weighted by atomic mass is 10.2. The number of amides is 1. The molecular weight excluding hydrogens is 331 g/mol. The van der Waals surface area contributed by atoms with Crippen molar-refractivity contribution in [3.8, 4) is 0 Å². The Morgan fingerprint density at radius 2 is 1.67 bits per heavy atom. The summed E-state index contributed by atoms with van der Waals surface area (Å²) in [5.41, 5.74) is 0.857. The number of ether oxygens (including phenoxy) is 3. The van der Waals surface area contributed by atoms with Crippen LogP contribution in [0, 0.1) is 0 Å². The zero-order chi connectivity index (χ0) is 17.8. The average molecular weight is 349 g/mol. The molecule has 0 heterocycles. The monoisotopic (exact) mass is 349 g/mol. The van der Waals surface area contributed by atoms with Crippen molar-refractivity contribution >= 4 is 11.9 Å². The van der Waals surface area contributed by atoms with Crippen LogP contribution in [0.25, 0.3) is 0 Å². The maximum atomic E-state index is 11.9. The van der Waals surface area contributed by atoms with Crippen molar-refractivity contribution in [2.24, 2.45) is 0 Å². The van der Waals surface area contributed by atoms with Crippen LogP contribution in [0.5, 0.6) is 0 Å². The molecule has 134 valence electrons. The van der Waals surface area contributed by atoms with Gasteiger partial charge >= 0.3 is 18.1 Å². The molecule has 6 nitrogen and oxygen atoms in total. The highest BCUT2D eigenvalue weighted by Gasteiger charge is 2.38. The molecular formula is C15H18F3NO5. The minimum Gasteiger partial charge on any atom is -0.459 e. The molecule has 1 aromatic rings. The number of carbonyl (C=O) groups is 2. The Hall–Kier alpha value is -2.13. The van der Waals surface area contributed by atoms with Gasteiger partial charge in [0.15, 0.2) is 0 Å². The molecule has 1 N–H and O–H groups in total. The van der Waals surface area contributed by atoms with Crippen LogP contribution in [0.4, 0.5) is 13.2 Å². The first kappa shape index (κ1) is 19.9. The fraction of sp³-hybridized carbons (Fsp3) is 0.467. The molecule has 1 rings (SSSR count). The molecule has 0 bridgehead atoms. The lowest BCUT2D eigenvalue weighted by Gasteiger charge is -2.09. The first-order chi connectivity index (χ1) is 11.4. The van der Waals surface area contributed by atoms with Crippen LogP contribution in [0.2, 0.25) is 0 Å². The van der Waals surface area contributed by atoms with Gasteiger partial charge in [-0.15, -0.1) is 0 Å². The van der Waals surface area contributed by atoms with E-state index in [4.69, 9.17) is 14.2 Å². The summed E-state index contributed by atoms with van der Waals surface area (Å²) < 4.78 is 50.5. The van der Waals surface area contributed by atoms with Gasteiger partial charge in [0.2, 0.25) is 0 Å². The predicted octanol–water partition coefficient (Wildman–Crippen LogP) is 1.44. The Morgan fingerprint density at radius 3 is 2.33 bits per heavy atom. The van der Waals surface area contributed by atoms with E-state index in [1.165, 1.54) is 0 Å². The topological polar surface area (TPSA) is 73.9 Å². The van der Waals surface area contributed by atoms with Gasteiger partial charge in [0, 0.05) is 6.54 Å². The molecule has 0 saturated carbocycles. The predicted molar refractivity (Wildman–Crippen MR) is 76.9 cm³/mol. The second kappa shape index (κ2) is 10.6. The molecule has 0 aliphatic heterocycles. The number of benzene rings is 1. The largest absolute Gasteiger partial charge is 0.471 e. The molecule has 0 aliphatic rings. The van der Waals surface area contributed by atoms with Gasteiger partial charge in [0.1, 0.15) is 13.2 Å². The van der Waals surface area contributed by atoms with Crippen LogP contribution in [-0.2, 0) is 30.4 Å². The summed E-state index contributed by atoms with van der Waals surface area (Å²) in [4.78, 5) is 21.8. The van der Waals surface area contributed by atoms with Gasteiger partial charge in [-0.1, -0.05) is 30.3 Å². The van der Waals surface area contributed by atoms with E-state index in [9.17, 15) is 22.8 Å². The summed E-state index contributed by atoms with van der Waals surface area (Å²) in [6, 6.07) is 9.14. The van der Waals surface area contributed by atoms with Gasteiger partial charge in [-0.3, -0.25) is 4.79 Å². The van der Waals surface area contributed by atoms with Gasteiger partial charge in [0.25, 0.3) is 0 Å². The van der Waals surface area contributed by atoms with Crippen LogP contribution < -0.4 is 5.32 Å². The van der Waals surface area contributed by atoms with Crippen molar-refractivity contribution in [1.82, 2.24) is 5.32 Å². The number of hydrogen-bond donors (Lipinski definition) is 1. The van der Waals surface area contributed by atoms with Crippen LogP contribution in [0.15, 0.2) is 30.3 Å². The lowest BCUT2D eigenvalue weighted by Crippen LogP contribution is -2.38. The minimum absolute atomic E-state index is 0.0770. The zero-order valence-corrected chi connectivity index (χ0v) is 12.8. The number of halogens is 3. The van der Waals surface area contributed by atoms with Crippen LogP contribution in [0.3, 0.4) is 0 Å². The Bertz CT molecular complexity index is 508. The molecule has 0 aliphatic carbocycles. The van der Waals surface area contributed by atoms with Gasteiger partial charge in [-0.2, -0.15) is 13.2 Å². The van der Waals surface area contributed by atoms with Crippen molar-refractivity contribution in [3.63, 3.8) is 0 Å². The van der Waals surface area contributed by atoms with Crippen LogP contribution in [0.1, 0.15) is 5.56 Å². The summed E-state index contributed by atoms with van der Waals surface area (Å²) in [6.45, 7) is -0.304. The average Bonchev–Trinajstić information content (AvgIpc) is 2.55. The van der Waals surface area contributed by atoms with E-state index >= 15 is 0 Å². The SMILES string of the molecule is O=C(COCCOCCNC(=O)C(F)(F)F)OCc1ccccc1. The highest BCUT2D eigenvalue weighted by atomic mass is 19.4. The van der Waals surface area contributed by atoms with Gasteiger partial charge in [0.05, 0.1) is 19.8 Å². The molecule has 9 heteroatoms. The number of carbonyl (C=O) groups excluding carboxylic acids is 2. The third-order valence-electron chi connectivity index (χ3n) is 2.62. The third-order valence-corrected chi connectivity index (χ3v) is 2.62. The number of rotatable bonds is 10. The van der Waals surface area contributed by atoms with Crippen molar-refractivity contribution in [3.05, 3.63) is 35.9 Å². The Balaban J connectivity index is 1.95. The lowest BCUT2D eigenvalue weighted by molar-refractivity contribution is -0.173. The fourth-order valence-electron chi connectivity index (χ4n) is 1.49. The highest BCUT2D eigenvalue weighted by Crippen LogP contribution is 2.13. The number of nitrogens with one attached hydrogen (secondary N) is 1. The van der Waals surface area contributed by atoms with E-state index in [0.717, 1.165) is 5.56 Å². The second-order valence-electron chi connectivity index (χ2n) is 4.56. The van der Waals surface area contributed by atoms with E-state index < -0.39 is 18.1 Å². The van der Waals surface area contributed by atoms with Crippen molar-refractivity contribution in [2.45, 2.75) is 12.8 Å². The molecule has 0 unspecified atom stereocenters. The molecule has 0 aromatic heterocycles. The first-order valence-electron chi connectivity index (χ1n) is 7.09. The molecule has 1 amide bonds. The molecule has 0 fully saturated rings. The van der Waals surface area contributed by atoms with E-state index in [2.05, 4.69) is 0 Å². The fourth-order valence-corrected chi connectivity index (χ4v) is 1.49. The number of alkyl halides is 3. The molecule has 0 radical (unpaired) electrons. The molecule has 1 aromatic carbocycles. The molecule has 24 heavy (non-hydrogen) atoms. The molecule has 0 atom stereocenters. The Morgan fingerprint density at radius 1 is 1.00 bits per heavy atom. The molecule has 0 saturated heterocycles. The normalized spacial score (nSPS) is 11.1. The maximum absolute atomic E-state index is 11.9. The minimum atomic E-state index is -4.90. The van der Waals surface area contributed by atoms with Crippen LogP contribution in [-0.4, -0.2) is 51.0 Å². The first-order valence-corrected chi connectivity index (χ1v) is 7.09. The summed E-state index contributed by atoms with van der Waals surface area (Å²) in [5.74, 6) is -2.54. The van der Waals surface area contributed by atoms with Gasteiger partial charge in [-0.25, -0.2) is 4.79 Å². The summed E-state index contributed by atoms with van der Waals surface area (Å²) >= 11 is 0. The Labute approximate surface area is 136 Å². The smallest absolute Gasteiger partial charge is 0.459 e. The van der Waals surface area contributed by atoms with E-state index in [-0.39, 0.29) is 39.6 Å². The van der Waals surface area contributed by atoms with Crippen molar-refractivity contribution in [1.29, 1.82) is 0 Å². The number of hydrogen-bond acceptors (Lipinski definition) is 5. The molecule has 0 spiro atoms. The third kappa shape index (κ3) is 9.11.